The van der Waals surface area contributed by atoms with Gasteiger partial charge in [-0.1, -0.05) is 0 Å². The van der Waals surface area contributed by atoms with Crippen molar-refractivity contribution >= 4 is 10.0 Å². The molecule has 5 nitrogen and oxygen atoms in total. The molecule has 22 heavy (non-hydrogen) atoms. The number of piperidine rings is 1. The number of ether oxygens (including phenoxy) is 1. The van der Waals surface area contributed by atoms with E-state index in [1.54, 1.807) is 0 Å². The first kappa shape index (κ1) is 15.6. The van der Waals surface area contributed by atoms with Crippen molar-refractivity contribution in [3.63, 3.8) is 0 Å². The van der Waals surface area contributed by atoms with Crippen LogP contribution in [0.3, 0.4) is 0 Å². The highest BCUT2D eigenvalue weighted by atomic mass is 32.2. The Labute approximate surface area is 125 Å². The van der Waals surface area contributed by atoms with Crippen LogP contribution in [0.1, 0.15) is 0 Å². The summed E-state index contributed by atoms with van der Waals surface area (Å²) in [5.41, 5.74) is 0. The van der Waals surface area contributed by atoms with Gasteiger partial charge in [-0.2, -0.15) is 13.2 Å². The number of hydrogen-bond donors (Lipinski definition) is 2. The third-order valence-corrected chi connectivity index (χ3v) is 5.39. The molecule has 0 amide bonds. The lowest BCUT2D eigenvalue weighted by Crippen LogP contribution is -2.32. The lowest BCUT2D eigenvalue weighted by molar-refractivity contribution is -0.153. The molecular formula is C13H15F3N2O3S. The molecule has 0 spiro atoms. The van der Waals surface area contributed by atoms with Crippen LogP contribution in [-0.2, 0) is 10.0 Å². The molecule has 1 aliphatic heterocycles. The molecule has 1 saturated carbocycles. The first-order valence-corrected chi connectivity index (χ1v) is 8.27. The third-order valence-electron chi connectivity index (χ3n) is 3.92. The molecule has 2 fully saturated rings. The van der Waals surface area contributed by atoms with Gasteiger partial charge in [-0.15, -0.1) is 0 Å². The molecule has 1 saturated heterocycles. The minimum absolute atomic E-state index is 0.0183. The van der Waals surface area contributed by atoms with Crippen LogP contribution in [0, 0.1) is 11.8 Å². The Morgan fingerprint density at radius 2 is 1.77 bits per heavy atom. The predicted octanol–water partition coefficient (Wildman–Crippen LogP) is 1.12. The normalized spacial score (nSPS) is 27.5. The van der Waals surface area contributed by atoms with Gasteiger partial charge in [0.1, 0.15) is 5.75 Å². The summed E-state index contributed by atoms with van der Waals surface area (Å²) < 4.78 is 67.7. The lowest BCUT2D eigenvalue weighted by atomic mass is 10.3. The summed E-state index contributed by atoms with van der Waals surface area (Å²) in [7, 11) is -3.65. The molecule has 2 N–H and O–H groups in total. The molecule has 1 heterocycles. The van der Waals surface area contributed by atoms with Crippen LogP contribution in [0.2, 0.25) is 0 Å². The molecule has 0 radical (unpaired) electrons. The van der Waals surface area contributed by atoms with Crippen molar-refractivity contribution < 1.29 is 26.3 Å². The third kappa shape index (κ3) is 3.36. The van der Waals surface area contributed by atoms with Crippen LogP contribution in [-0.4, -0.2) is 40.3 Å². The SMILES string of the molecule is O=S(=O)(NC1[C@H]2CNC[C@@H]12)c1ccc(OCC(F)(F)F)cc1. The standard InChI is InChI=1S/C13H15F3N2O3S/c14-13(15,16)7-21-8-1-3-9(4-2-8)22(19,20)18-12-10-5-17-6-11(10)12/h1-4,10-12,17-18H,5-7H2/t10-,11+,12?. The number of benzene rings is 1. The molecule has 0 aromatic heterocycles. The van der Waals surface area contributed by atoms with Crippen molar-refractivity contribution in [2.24, 2.45) is 11.8 Å². The van der Waals surface area contributed by atoms with Gasteiger partial charge in [-0.25, -0.2) is 13.1 Å². The maximum absolute atomic E-state index is 12.2. The van der Waals surface area contributed by atoms with E-state index in [0.29, 0.717) is 11.8 Å². The minimum Gasteiger partial charge on any atom is -0.484 e. The van der Waals surface area contributed by atoms with E-state index in [9.17, 15) is 21.6 Å². The summed E-state index contributed by atoms with van der Waals surface area (Å²) in [5, 5.41) is 3.17. The van der Waals surface area contributed by atoms with Crippen LogP contribution in [0.5, 0.6) is 5.75 Å². The molecule has 3 atom stereocenters. The zero-order chi connectivity index (χ0) is 16.0. The lowest BCUT2D eigenvalue weighted by Gasteiger charge is -2.11. The molecule has 1 aromatic carbocycles. The van der Waals surface area contributed by atoms with Crippen LogP contribution in [0.4, 0.5) is 13.2 Å². The van der Waals surface area contributed by atoms with Gasteiger partial charge < -0.3 is 10.1 Å². The quantitative estimate of drug-likeness (QED) is 0.846. The van der Waals surface area contributed by atoms with Crippen LogP contribution >= 0.6 is 0 Å². The topological polar surface area (TPSA) is 67.4 Å². The van der Waals surface area contributed by atoms with E-state index in [0.717, 1.165) is 13.1 Å². The van der Waals surface area contributed by atoms with Crippen molar-refractivity contribution in [2.45, 2.75) is 17.1 Å². The Balaban J connectivity index is 1.62. The number of hydrogen-bond acceptors (Lipinski definition) is 4. The highest BCUT2D eigenvalue weighted by Crippen LogP contribution is 2.42. The molecular weight excluding hydrogens is 321 g/mol. The van der Waals surface area contributed by atoms with E-state index >= 15 is 0 Å². The highest BCUT2D eigenvalue weighted by molar-refractivity contribution is 7.89. The predicted molar refractivity (Wildman–Crippen MR) is 72.0 cm³/mol. The summed E-state index contributed by atoms with van der Waals surface area (Å²) in [6.07, 6.45) is -4.43. The molecule has 2 aliphatic rings. The fourth-order valence-electron chi connectivity index (χ4n) is 2.72. The second kappa shape index (κ2) is 5.39. The molecule has 0 bridgehead atoms. The van der Waals surface area contributed by atoms with Crippen LogP contribution < -0.4 is 14.8 Å². The molecule has 1 aliphatic carbocycles. The van der Waals surface area contributed by atoms with E-state index < -0.39 is 22.8 Å². The van der Waals surface area contributed by atoms with Gasteiger partial charge >= 0.3 is 6.18 Å². The van der Waals surface area contributed by atoms with Crippen molar-refractivity contribution in [1.29, 1.82) is 0 Å². The number of nitrogens with one attached hydrogen (secondary N) is 2. The average Bonchev–Trinajstić information content (AvgIpc) is 2.87. The highest BCUT2D eigenvalue weighted by Gasteiger charge is 2.54. The smallest absolute Gasteiger partial charge is 0.422 e. The monoisotopic (exact) mass is 336 g/mol. The fraction of sp³-hybridized carbons (Fsp3) is 0.538. The maximum atomic E-state index is 12.2. The summed E-state index contributed by atoms with van der Waals surface area (Å²) in [6.45, 7) is 0.208. The zero-order valence-corrected chi connectivity index (χ0v) is 12.2. The van der Waals surface area contributed by atoms with Crippen LogP contribution in [0.25, 0.3) is 0 Å². The molecule has 1 aromatic rings. The first-order valence-electron chi connectivity index (χ1n) is 6.79. The van der Waals surface area contributed by atoms with Gasteiger partial charge in [-0.05, 0) is 49.2 Å². The van der Waals surface area contributed by atoms with Crippen molar-refractivity contribution in [1.82, 2.24) is 10.0 Å². The number of alkyl halides is 3. The van der Waals surface area contributed by atoms with Crippen molar-refractivity contribution in [3.05, 3.63) is 24.3 Å². The van der Waals surface area contributed by atoms with E-state index in [1.165, 1.54) is 24.3 Å². The number of fused-ring (bicyclic) bond motifs is 1. The van der Waals surface area contributed by atoms with Gasteiger partial charge in [0.2, 0.25) is 10.0 Å². The number of rotatable bonds is 5. The Morgan fingerprint density at radius 3 is 2.32 bits per heavy atom. The largest absolute Gasteiger partial charge is 0.484 e. The van der Waals surface area contributed by atoms with Crippen molar-refractivity contribution in [3.8, 4) is 5.75 Å². The number of halogens is 3. The summed E-state index contributed by atoms with van der Waals surface area (Å²) >= 11 is 0. The first-order chi connectivity index (χ1) is 10.3. The van der Waals surface area contributed by atoms with Gasteiger partial charge in [0.15, 0.2) is 6.61 Å². The molecule has 9 heteroatoms. The van der Waals surface area contributed by atoms with E-state index in [2.05, 4.69) is 14.8 Å². The Kier molecular flexibility index (Phi) is 3.82. The van der Waals surface area contributed by atoms with Gasteiger partial charge in [0.25, 0.3) is 0 Å². The van der Waals surface area contributed by atoms with Gasteiger partial charge in [0.05, 0.1) is 4.90 Å². The Morgan fingerprint density at radius 1 is 1.18 bits per heavy atom. The van der Waals surface area contributed by atoms with E-state index in [1.807, 2.05) is 0 Å². The molecule has 3 rings (SSSR count). The van der Waals surface area contributed by atoms with Gasteiger partial charge in [-0.3, -0.25) is 0 Å². The Bertz CT molecular complexity index is 635. The maximum Gasteiger partial charge on any atom is 0.422 e. The average molecular weight is 336 g/mol. The Hall–Kier alpha value is -1.32. The minimum atomic E-state index is -4.43. The number of sulfonamides is 1. The summed E-state index contributed by atoms with van der Waals surface area (Å²) in [4.78, 5) is 0.0183. The van der Waals surface area contributed by atoms with Crippen molar-refractivity contribution in [2.75, 3.05) is 19.7 Å². The second-order valence-electron chi connectivity index (χ2n) is 5.51. The second-order valence-corrected chi connectivity index (χ2v) is 7.22. The zero-order valence-electron chi connectivity index (χ0n) is 11.4. The molecule has 122 valence electrons. The van der Waals surface area contributed by atoms with E-state index in [4.69, 9.17) is 0 Å². The van der Waals surface area contributed by atoms with Gasteiger partial charge in [0, 0.05) is 6.04 Å². The van der Waals surface area contributed by atoms with E-state index in [-0.39, 0.29) is 16.7 Å². The van der Waals surface area contributed by atoms with Crippen LogP contribution in [0.15, 0.2) is 29.2 Å². The molecule has 1 unspecified atom stereocenters. The fourth-order valence-corrected chi connectivity index (χ4v) is 4.06. The summed E-state index contributed by atoms with van der Waals surface area (Å²) in [5.74, 6) is 0.650. The summed E-state index contributed by atoms with van der Waals surface area (Å²) in [6, 6.07) is 4.87.